The predicted molar refractivity (Wildman–Crippen MR) is 104 cm³/mol. The average molecular weight is 357 g/mol. The topological polar surface area (TPSA) is 51.0 Å². The lowest BCUT2D eigenvalue weighted by Crippen LogP contribution is -2.26. The summed E-state index contributed by atoms with van der Waals surface area (Å²) < 4.78 is 6.04. The summed E-state index contributed by atoms with van der Waals surface area (Å²) in [6, 6.07) is 15.9. The molecule has 2 heterocycles. The molecule has 1 N–H and O–H groups in total. The lowest BCUT2D eigenvalue weighted by molar-refractivity contribution is 0.230. The summed E-state index contributed by atoms with van der Waals surface area (Å²) in [5.74, 6) is 2.19. The molecule has 4 heteroatoms. The smallest absolute Gasteiger partial charge is 0.161 e. The molecule has 0 saturated carbocycles. The van der Waals surface area contributed by atoms with Gasteiger partial charge in [-0.3, -0.25) is 0 Å². The quantitative estimate of drug-likeness (QED) is 0.839. The van der Waals surface area contributed by atoms with E-state index in [0.29, 0.717) is 6.61 Å². The fourth-order valence-corrected chi connectivity index (χ4v) is 4.15. The summed E-state index contributed by atoms with van der Waals surface area (Å²) >= 11 is 0. The van der Waals surface area contributed by atoms with Crippen LogP contribution in [0.25, 0.3) is 0 Å². The molecule has 0 saturated heterocycles. The van der Waals surface area contributed by atoms with Gasteiger partial charge in [0.15, 0.2) is 5.76 Å². The van der Waals surface area contributed by atoms with Crippen LogP contribution < -0.4 is 4.74 Å². The van der Waals surface area contributed by atoms with Gasteiger partial charge < -0.3 is 14.7 Å². The van der Waals surface area contributed by atoms with Crippen LogP contribution in [-0.2, 0) is 4.84 Å². The number of oxime groups is 1. The van der Waals surface area contributed by atoms with Gasteiger partial charge in [0.2, 0.25) is 0 Å². The molecular formula is C23H19NO3. The minimum absolute atomic E-state index is 0.175. The van der Waals surface area contributed by atoms with Crippen molar-refractivity contribution in [2.75, 3.05) is 6.61 Å². The van der Waals surface area contributed by atoms with E-state index in [4.69, 9.17) is 9.57 Å². The molecule has 2 aliphatic heterocycles. The highest BCUT2D eigenvalue weighted by Gasteiger charge is 2.36. The van der Waals surface area contributed by atoms with Gasteiger partial charge in [0.25, 0.3) is 0 Å². The van der Waals surface area contributed by atoms with E-state index in [1.54, 1.807) is 18.3 Å². The van der Waals surface area contributed by atoms with Gasteiger partial charge >= 0.3 is 0 Å². The van der Waals surface area contributed by atoms with Gasteiger partial charge in [-0.25, -0.2) is 0 Å². The summed E-state index contributed by atoms with van der Waals surface area (Å²) in [5.41, 5.74) is 4.82. The van der Waals surface area contributed by atoms with Crippen molar-refractivity contribution in [3.63, 3.8) is 0 Å². The molecule has 4 nitrogen and oxygen atoms in total. The third kappa shape index (κ3) is 2.83. The first kappa shape index (κ1) is 15.9. The minimum Gasteiger partial charge on any atom is -0.508 e. The zero-order valence-corrected chi connectivity index (χ0v) is 14.7. The van der Waals surface area contributed by atoms with Crippen LogP contribution in [0.3, 0.4) is 0 Å². The second kappa shape index (κ2) is 6.47. The third-order valence-electron chi connectivity index (χ3n) is 5.43. The van der Waals surface area contributed by atoms with Crippen LogP contribution in [0.15, 0.2) is 88.8 Å². The van der Waals surface area contributed by atoms with Crippen molar-refractivity contribution >= 4 is 6.21 Å². The molecule has 2 aromatic rings. The molecule has 2 atom stereocenters. The van der Waals surface area contributed by atoms with Crippen LogP contribution in [0.5, 0.6) is 11.5 Å². The highest BCUT2D eigenvalue weighted by Crippen LogP contribution is 2.49. The minimum atomic E-state index is 0.175. The normalized spacial score (nSPS) is 23.0. The van der Waals surface area contributed by atoms with Crippen molar-refractivity contribution in [1.82, 2.24) is 0 Å². The van der Waals surface area contributed by atoms with E-state index in [9.17, 15) is 5.11 Å². The number of aromatic hydroxyl groups is 1. The lowest BCUT2D eigenvalue weighted by atomic mass is 9.73. The van der Waals surface area contributed by atoms with E-state index < -0.39 is 0 Å². The molecule has 2 aromatic carbocycles. The Morgan fingerprint density at radius 2 is 1.89 bits per heavy atom. The number of ether oxygens (including phenoxy) is 1. The molecule has 0 aromatic heterocycles. The summed E-state index contributed by atoms with van der Waals surface area (Å²) in [4.78, 5) is 5.37. The highest BCUT2D eigenvalue weighted by atomic mass is 16.6. The fourth-order valence-electron chi connectivity index (χ4n) is 4.15. The van der Waals surface area contributed by atoms with E-state index in [2.05, 4.69) is 35.5 Å². The van der Waals surface area contributed by atoms with E-state index in [1.807, 2.05) is 24.3 Å². The van der Waals surface area contributed by atoms with Crippen LogP contribution in [0, 0.1) is 0 Å². The number of rotatable bonds is 2. The predicted octanol–water partition coefficient (Wildman–Crippen LogP) is 4.81. The van der Waals surface area contributed by atoms with Crippen molar-refractivity contribution in [3.05, 3.63) is 94.8 Å². The SMILES string of the molecule is Oc1ccc2c(c1)OCC(c1ccccc1)C2C1=CC=C2ON=CC=C2C1. The molecule has 0 spiro atoms. The van der Waals surface area contributed by atoms with Crippen molar-refractivity contribution in [1.29, 1.82) is 0 Å². The van der Waals surface area contributed by atoms with Crippen LogP contribution in [0.1, 0.15) is 29.4 Å². The Kier molecular flexibility index (Phi) is 3.82. The van der Waals surface area contributed by atoms with Crippen molar-refractivity contribution in [3.8, 4) is 11.5 Å². The Hall–Kier alpha value is -3.27. The molecule has 0 bridgehead atoms. The van der Waals surface area contributed by atoms with Crippen molar-refractivity contribution < 1.29 is 14.7 Å². The Morgan fingerprint density at radius 3 is 2.78 bits per heavy atom. The molecule has 134 valence electrons. The van der Waals surface area contributed by atoms with Crippen molar-refractivity contribution in [2.24, 2.45) is 5.16 Å². The number of phenols is 1. The van der Waals surface area contributed by atoms with E-state index in [1.165, 1.54) is 11.1 Å². The summed E-state index contributed by atoms with van der Waals surface area (Å²) in [6.45, 7) is 0.579. The number of nitrogens with zero attached hydrogens (tertiary/aromatic N) is 1. The molecule has 0 fully saturated rings. The summed E-state index contributed by atoms with van der Waals surface area (Å²) in [5, 5.41) is 13.7. The van der Waals surface area contributed by atoms with Gasteiger partial charge in [0.1, 0.15) is 11.5 Å². The van der Waals surface area contributed by atoms with E-state index in [-0.39, 0.29) is 17.6 Å². The molecule has 3 aliphatic rings. The second-order valence-electron chi connectivity index (χ2n) is 7.01. The molecule has 0 radical (unpaired) electrons. The van der Waals surface area contributed by atoms with Crippen molar-refractivity contribution in [2.45, 2.75) is 18.3 Å². The fraction of sp³-hybridized carbons (Fsp3) is 0.174. The third-order valence-corrected chi connectivity index (χ3v) is 5.43. The van der Waals surface area contributed by atoms with Gasteiger partial charge in [-0.2, -0.15) is 0 Å². The Bertz CT molecular complexity index is 1000. The molecule has 5 rings (SSSR count). The summed E-state index contributed by atoms with van der Waals surface area (Å²) in [6.07, 6.45) is 8.66. The van der Waals surface area contributed by atoms with Gasteiger partial charge in [0.05, 0.1) is 12.8 Å². The zero-order chi connectivity index (χ0) is 18.2. The molecule has 1 aliphatic carbocycles. The zero-order valence-electron chi connectivity index (χ0n) is 14.7. The number of hydrogen-bond donors (Lipinski definition) is 1. The maximum absolute atomic E-state index is 9.88. The molecular weight excluding hydrogens is 338 g/mol. The monoisotopic (exact) mass is 357 g/mol. The van der Waals surface area contributed by atoms with Gasteiger partial charge in [-0.1, -0.05) is 53.2 Å². The van der Waals surface area contributed by atoms with Crippen LogP contribution in [0.2, 0.25) is 0 Å². The first-order valence-electron chi connectivity index (χ1n) is 9.11. The standard InChI is InChI=1S/C23H19NO3/c25-18-7-8-19-22(13-18)26-14-20(15-4-2-1-3-5-15)23(19)17-6-9-21-16(12-17)10-11-24-27-21/h1-11,13,20,23,25H,12,14H2. The van der Waals surface area contributed by atoms with E-state index in [0.717, 1.165) is 29.1 Å². The lowest BCUT2D eigenvalue weighted by Gasteiger charge is -2.37. The Balaban J connectivity index is 1.61. The molecule has 27 heavy (non-hydrogen) atoms. The molecule has 0 amide bonds. The summed E-state index contributed by atoms with van der Waals surface area (Å²) in [7, 11) is 0. The number of hydrogen-bond acceptors (Lipinski definition) is 4. The first-order chi connectivity index (χ1) is 13.3. The second-order valence-corrected chi connectivity index (χ2v) is 7.01. The Labute approximate surface area is 157 Å². The first-order valence-corrected chi connectivity index (χ1v) is 9.11. The highest BCUT2D eigenvalue weighted by molar-refractivity contribution is 5.75. The Morgan fingerprint density at radius 1 is 1.00 bits per heavy atom. The molecule has 2 unspecified atom stereocenters. The largest absolute Gasteiger partial charge is 0.508 e. The number of benzene rings is 2. The number of allylic oxidation sites excluding steroid dienone is 5. The average Bonchev–Trinajstić information content (AvgIpc) is 2.73. The van der Waals surface area contributed by atoms with Crippen LogP contribution in [0.4, 0.5) is 0 Å². The number of phenolic OH excluding ortho intramolecular Hbond substituents is 1. The van der Waals surface area contributed by atoms with Gasteiger partial charge in [-0.15, -0.1) is 0 Å². The maximum Gasteiger partial charge on any atom is 0.161 e. The van der Waals surface area contributed by atoms with E-state index >= 15 is 0 Å². The van der Waals surface area contributed by atoms with Gasteiger partial charge in [0, 0.05) is 29.0 Å². The maximum atomic E-state index is 9.88. The van der Waals surface area contributed by atoms with Gasteiger partial charge in [-0.05, 0) is 30.2 Å². The number of fused-ring (bicyclic) bond motifs is 2. The van der Waals surface area contributed by atoms with Crippen LogP contribution in [-0.4, -0.2) is 17.9 Å². The van der Waals surface area contributed by atoms with Crippen LogP contribution >= 0.6 is 0 Å².